The molecule has 0 aliphatic carbocycles. The number of hydrogen-bond acceptors (Lipinski definition) is 11. The van der Waals surface area contributed by atoms with Gasteiger partial charge in [-0.25, -0.2) is 18.8 Å². The molecule has 16 heteroatoms. The highest BCUT2D eigenvalue weighted by atomic mass is 31.2. The van der Waals surface area contributed by atoms with Crippen LogP contribution >= 0.6 is 7.75 Å². The molecule has 1 saturated heterocycles. The molecule has 0 amide bonds. The minimum absolute atomic E-state index is 0.0334. The van der Waals surface area contributed by atoms with Gasteiger partial charge in [0.15, 0.2) is 23.4 Å². The van der Waals surface area contributed by atoms with Crippen molar-refractivity contribution in [2.75, 3.05) is 19.9 Å². The van der Waals surface area contributed by atoms with Gasteiger partial charge in [-0.15, -0.1) is 0 Å². The van der Waals surface area contributed by atoms with Gasteiger partial charge in [0.05, 0.1) is 12.7 Å². The summed E-state index contributed by atoms with van der Waals surface area (Å²) in [6.07, 6.45) is -4.34. The number of alkyl halides is 1. The first-order valence-electron chi connectivity index (χ1n) is 11.5. The summed E-state index contributed by atoms with van der Waals surface area (Å²) >= 11 is 0. The Kier molecular flexibility index (Phi) is 7.95. The van der Waals surface area contributed by atoms with E-state index in [2.05, 4.69) is 5.09 Å². The predicted molar refractivity (Wildman–Crippen MR) is 127 cm³/mol. The van der Waals surface area contributed by atoms with E-state index in [1.165, 1.54) is 6.07 Å². The molecule has 1 aromatic carbocycles. The van der Waals surface area contributed by atoms with Crippen LogP contribution < -0.4 is 30.3 Å². The van der Waals surface area contributed by atoms with Gasteiger partial charge >= 0.3 is 19.4 Å². The highest BCUT2D eigenvalue weighted by Crippen LogP contribution is 2.51. The Bertz CT molecular complexity index is 1340. The molecule has 14 nitrogen and oxygen atoms in total. The number of halogens is 1. The van der Waals surface area contributed by atoms with Crippen molar-refractivity contribution < 1.29 is 46.9 Å². The molecule has 38 heavy (non-hydrogen) atoms. The third-order valence-electron chi connectivity index (χ3n) is 5.59. The maximum atomic E-state index is 15.5. The van der Waals surface area contributed by atoms with Gasteiger partial charge in [-0.3, -0.25) is 23.7 Å². The number of aromatic amines is 1. The van der Waals surface area contributed by atoms with Crippen LogP contribution in [0.4, 0.5) is 4.39 Å². The summed E-state index contributed by atoms with van der Waals surface area (Å²) in [7, 11) is -4.42. The molecule has 5 atom stereocenters. The predicted octanol–water partition coefficient (Wildman–Crippen LogP) is 0.997. The molecule has 0 spiro atoms. The van der Waals surface area contributed by atoms with Crippen molar-refractivity contribution >= 4 is 13.7 Å². The fraction of sp³-hybridized carbons (Fsp3) is 0.500. The molecule has 1 fully saturated rings. The zero-order valence-corrected chi connectivity index (χ0v) is 21.5. The molecule has 2 aliphatic heterocycles. The molecule has 0 bridgehead atoms. The van der Waals surface area contributed by atoms with Gasteiger partial charge in [-0.1, -0.05) is 6.07 Å². The van der Waals surface area contributed by atoms with Crippen LogP contribution in [0.3, 0.4) is 0 Å². The third-order valence-corrected chi connectivity index (χ3v) is 7.06. The average molecular weight is 559 g/mol. The normalized spacial score (nSPS) is 25.8. The molecule has 0 radical (unpaired) electrons. The SMILES string of the molecule is CC(C)OC(=O)CNP(=O)(OC[C@H]1O[C@@H](n2ccc(=O)[nH]c2=O)[C@](C)(F)[C@@H]1O)Oc1cccc2c1OCO2. The Hall–Kier alpha value is -3.23. The molecule has 4 rings (SSSR count). The molecular weight excluding hydrogens is 532 g/mol. The van der Waals surface area contributed by atoms with E-state index in [-0.39, 0.29) is 18.3 Å². The first kappa shape index (κ1) is 27.8. The summed E-state index contributed by atoms with van der Waals surface area (Å²) in [5, 5.41) is 13.0. The number of rotatable bonds is 10. The minimum Gasteiger partial charge on any atom is -0.462 e. The van der Waals surface area contributed by atoms with Crippen molar-refractivity contribution in [3.8, 4) is 17.2 Å². The zero-order chi connectivity index (χ0) is 27.7. The van der Waals surface area contributed by atoms with Gasteiger partial charge in [0.1, 0.15) is 18.8 Å². The quantitative estimate of drug-likeness (QED) is 0.278. The third kappa shape index (κ3) is 5.92. The van der Waals surface area contributed by atoms with Gasteiger partial charge in [0.2, 0.25) is 12.5 Å². The number of aliphatic hydroxyl groups excluding tert-OH is 1. The van der Waals surface area contributed by atoms with Crippen LogP contribution in [0, 0.1) is 0 Å². The van der Waals surface area contributed by atoms with Gasteiger partial charge < -0.3 is 28.6 Å². The molecule has 208 valence electrons. The number of aromatic nitrogens is 2. The number of benzene rings is 1. The van der Waals surface area contributed by atoms with Gasteiger partial charge in [-0.05, 0) is 32.9 Å². The molecule has 1 aromatic heterocycles. The number of nitrogens with one attached hydrogen (secondary N) is 2. The molecule has 3 heterocycles. The number of carbonyl (C=O) groups excluding carboxylic acids is 1. The van der Waals surface area contributed by atoms with Crippen LogP contribution in [0.1, 0.15) is 27.0 Å². The fourth-order valence-electron chi connectivity index (χ4n) is 3.81. The number of hydrogen-bond donors (Lipinski definition) is 3. The lowest BCUT2D eigenvalue weighted by molar-refractivity contribution is -0.146. The van der Waals surface area contributed by atoms with E-state index in [1.807, 2.05) is 4.98 Å². The largest absolute Gasteiger partial charge is 0.462 e. The summed E-state index contributed by atoms with van der Waals surface area (Å²) in [6, 6.07) is 5.56. The maximum absolute atomic E-state index is 15.5. The first-order valence-corrected chi connectivity index (χ1v) is 13.0. The van der Waals surface area contributed by atoms with Crippen LogP contribution in [-0.2, 0) is 23.4 Å². The van der Waals surface area contributed by atoms with Crippen molar-refractivity contribution in [2.45, 2.75) is 51.0 Å². The Balaban J connectivity index is 1.53. The topological polar surface area (TPSA) is 177 Å². The molecule has 0 saturated carbocycles. The summed E-state index contributed by atoms with van der Waals surface area (Å²) < 4.78 is 62.1. The smallest absolute Gasteiger partial charge is 0.459 e. The second kappa shape index (κ2) is 10.9. The standard InChI is InChI=1S/C22H27FN3O11P/c1-12(2)35-17(28)9-24-38(31,37-14-6-4-5-13-18(14)33-11-32-13)34-10-15-19(29)22(3,23)20(36-15)26-8-7-16(27)25-21(26)30/h4-8,12,15,19-20,29H,9-11H2,1-3H3,(H,24,31)(H,25,27,30)/t15-,19-,20-,22-,38?/m1/s1. The monoisotopic (exact) mass is 559 g/mol. The molecule has 2 aliphatic rings. The van der Waals surface area contributed by atoms with Crippen molar-refractivity contribution in [3.63, 3.8) is 0 Å². The summed E-state index contributed by atoms with van der Waals surface area (Å²) in [4.78, 5) is 37.6. The van der Waals surface area contributed by atoms with Gasteiger partial charge in [0.25, 0.3) is 5.56 Å². The number of H-pyrrole nitrogens is 1. The molecular formula is C22H27FN3O11P. The number of ether oxygens (including phenoxy) is 4. The summed E-state index contributed by atoms with van der Waals surface area (Å²) in [5.74, 6) is -0.315. The number of para-hydroxylation sites is 1. The van der Waals surface area contributed by atoms with E-state index in [4.69, 9.17) is 28.0 Å². The lowest BCUT2D eigenvalue weighted by Crippen LogP contribution is -2.43. The zero-order valence-electron chi connectivity index (χ0n) is 20.6. The van der Waals surface area contributed by atoms with Gasteiger partial charge in [-0.2, -0.15) is 0 Å². The highest BCUT2D eigenvalue weighted by molar-refractivity contribution is 7.52. The summed E-state index contributed by atoms with van der Waals surface area (Å²) in [6.45, 7) is 2.90. The van der Waals surface area contributed by atoms with Crippen LogP contribution in [0.15, 0.2) is 40.1 Å². The molecule has 3 N–H and O–H groups in total. The Morgan fingerprint density at radius 2 is 2.11 bits per heavy atom. The number of nitrogens with zero attached hydrogens (tertiary/aromatic N) is 1. The second-order valence-electron chi connectivity index (χ2n) is 8.89. The van der Waals surface area contributed by atoms with E-state index in [0.717, 1.165) is 23.8 Å². The highest BCUT2D eigenvalue weighted by Gasteiger charge is 2.55. The van der Waals surface area contributed by atoms with Gasteiger partial charge in [0, 0.05) is 12.3 Å². The van der Waals surface area contributed by atoms with E-state index in [0.29, 0.717) is 5.75 Å². The minimum atomic E-state index is -4.42. The van der Waals surface area contributed by atoms with E-state index in [9.17, 15) is 24.1 Å². The Labute approximate surface area is 215 Å². The van der Waals surface area contributed by atoms with E-state index in [1.54, 1.807) is 26.0 Å². The number of aliphatic hydroxyl groups is 1. The lowest BCUT2D eigenvalue weighted by Gasteiger charge is -2.24. The first-order chi connectivity index (χ1) is 17.9. The molecule has 1 unspecified atom stereocenters. The lowest BCUT2D eigenvalue weighted by atomic mass is 9.98. The van der Waals surface area contributed by atoms with Crippen molar-refractivity contribution in [1.82, 2.24) is 14.6 Å². The van der Waals surface area contributed by atoms with Crippen LogP contribution in [0.2, 0.25) is 0 Å². The second-order valence-corrected chi connectivity index (χ2v) is 10.6. The summed E-state index contributed by atoms with van der Waals surface area (Å²) in [5.41, 5.74) is -4.17. The molecule has 2 aromatic rings. The number of carbonyl (C=O) groups is 1. The Morgan fingerprint density at radius 3 is 2.82 bits per heavy atom. The van der Waals surface area contributed by atoms with Crippen LogP contribution in [-0.4, -0.2) is 64.6 Å². The van der Waals surface area contributed by atoms with Crippen molar-refractivity contribution in [1.29, 1.82) is 0 Å². The average Bonchev–Trinajstić information content (AvgIpc) is 3.40. The van der Waals surface area contributed by atoms with Crippen molar-refractivity contribution in [2.24, 2.45) is 0 Å². The van der Waals surface area contributed by atoms with Crippen LogP contribution in [0.25, 0.3) is 0 Å². The van der Waals surface area contributed by atoms with E-state index < -0.39 is 68.3 Å². The van der Waals surface area contributed by atoms with Crippen LogP contribution in [0.5, 0.6) is 17.2 Å². The maximum Gasteiger partial charge on any atom is 0.459 e. The number of esters is 1. The Morgan fingerprint density at radius 1 is 1.34 bits per heavy atom. The fourth-order valence-corrected chi connectivity index (χ4v) is 5.09. The number of fused-ring (bicyclic) bond motifs is 1. The van der Waals surface area contributed by atoms with Crippen molar-refractivity contribution in [3.05, 3.63) is 51.3 Å². The van der Waals surface area contributed by atoms with E-state index >= 15 is 4.39 Å².